The summed E-state index contributed by atoms with van der Waals surface area (Å²) in [7, 11) is 0. The van der Waals surface area contributed by atoms with Gasteiger partial charge in [-0.3, -0.25) is 9.59 Å². The molecule has 0 radical (unpaired) electrons. The third-order valence-corrected chi connectivity index (χ3v) is 4.91. The number of halogens is 4. The Bertz CT molecular complexity index is 710. The van der Waals surface area contributed by atoms with Gasteiger partial charge in [0.1, 0.15) is 12.2 Å². The van der Waals surface area contributed by atoms with E-state index in [1.165, 1.54) is 0 Å². The van der Waals surface area contributed by atoms with Crippen molar-refractivity contribution in [3.63, 3.8) is 0 Å². The molecule has 2 aromatic carbocycles. The summed E-state index contributed by atoms with van der Waals surface area (Å²) in [6.07, 6.45) is -1.50. The Morgan fingerprint density at radius 3 is 1.29 bits per heavy atom. The fourth-order valence-corrected chi connectivity index (χ4v) is 3.11. The number of carbonyl (C=O) groups excluding carboxylic acids is 2. The summed E-state index contributed by atoms with van der Waals surface area (Å²) < 4.78 is 10.7. The molecule has 0 spiro atoms. The highest BCUT2D eigenvalue weighted by Gasteiger charge is 2.20. The van der Waals surface area contributed by atoms with Crippen LogP contribution in [-0.2, 0) is 19.1 Å². The first-order valence-corrected chi connectivity index (χ1v) is 10.3. The van der Waals surface area contributed by atoms with E-state index in [1.54, 1.807) is 48.5 Å². The molecule has 2 rings (SSSR count). The number of ether oxygens (including phenoxy) is 2. The SMILES string of the molecule is O=C(CCC(=O)O[C@H](CCl)c1ccc(Cl)cc1)O[C@H](CCl)c1ccc(Cl)cc1. The van der Waals surface area contributed by atoms with Gasteiger partial charge in [0.15, 0.2) is 0 Å². The van der Waals surface area contributed by atoms with Crippen LogP contribution in [0, 0.1) is 0 Å². The van der Waals surface area contributed by atoms with Crippen LogP contribution in [0.15, 0.2) is 48.5 Å². The van der Waals surface area contributed by atoms with Crippen LogP contribution in [-0.4, -0.2) is 23.7 Å². The summed E-state index contributed by atoms with van der Waals surface area (Å²) in [5, 5.41) is 1.14. The molecular weight excluding hydrogens is 446 g/mol. The number of esters is 2. The standard InChI is InChI=1S/C20H18Cl4O4/c21-11-17(13-1-5-15(23)6-2-13)27-19(25)9-10-20(26)28-18(12-22)14-3-7-16(24)8-4-14/h1-8,17-18H,9-12H2/t17-,18-/m1/s1. The molecule has 8 heteroatoms. The summed E-state index contributed by atoms with van der Waals surface area (Å²) in [5.41, 5.74) is 1.44. The predicted octanol–water partition coefficient (Wildman–Crippen LogP) is 6.12. The third kappa shape index (κ3) is 7.17. The highest BCUT2D eigenvalue weighted by atomic mass is 35.5. The van der Waals surface area contributed by atoms with Crippen molar-refractivity contribution in [2.24, 2.45) is 0 Å². The number of rotatable bonds is 9. The topological polar surface area (TPSA) is 52.6 Å². The normalized spacial score (nSPS) is 12.9. The Balaban J connectivity index is 1.84. The van der Waals surface area contributed by atoms with Gasteiger partial charge in [0, 0.05) is 10.0 Å². The molecule has 28 heavy (non-hydrogen) atoms. The smallest absolute Gasteiger partial charge is 0.307 e. The lowest BCUT2D eigenvalue weighted by atomic mass is 10.1. The first-order valence-electron chi connectivity index (χ1n) is 8.44. The molecule has 150 valence electrons. The summed E-state index contributed by atoms with van der Waals surface area (Å²) in [6, 6.07) is 13.7. The largest absolute Gasteiger partial charge is 0.456 e. The van der Waals surface area contributed by atoms with Crippen molar-refractivity contribution in [1.82, 2.24) is 0 Å². The molecule has 0 saturated heterocycles. The maximum atomic E-state index is 12.1. The summed E-state index contributed by atoms with van der Waals surface area (Å²) in [5.74, 6) is -0.927. The van der Waals surface area contributed by atoms with E-state index in [0.717, 1.165) is 11.1 Å². The van der Waals surface area contributed by atoms with Crippen LogP contribution in [0.25, 0.3) is 0 Å². The highest BCUT2D eigenvalue weighted by Crippen LogP contribution is 2.24. The van der Waals surface area contributed by atoms with Crippen LogP contribution in [0.5, 0.6) is 0 Å². The zero-order valence-corrected chi connectivity index (χ0v) is 17.8. The monoisotopic (exact) mass is 462 g/mol. The van der Waals surface area contributed by atoms with Gasteiger partial charge in [-0.05, 0) is 35.4 Å². The lowest BCUT2D eigenvalue weighted by molar-refractivity contribution is -0.155. The van der Waals surface area contributed by atoms with Gasteiger partial charge in [0.2, 0.25) is 0 Å². The van der Waals surface area contributed by atoms with E-state index in [2.05, 4.69) is 0 Å². The van der Waals surface area contributed by atoms with E-state index in [0.29, 0.717) is 10.0 Å². The third-order valence-electron chi connectivity index (χ3n) is 3.84. The number of hydrogen-bond donors (Lipinski definition) is 0. The van der Waals surface area contributed by atoms with Crippen molar-refractivity contribution < 1.29 is 19.1 Å². The number of alkyl halides is 2. The van der Waals surface area contributed by atoms with Gasteiger partial charge in [-0.2, -0.15) is 0 Å². The fourth-order valence-electron chi connectivity index (χ4n) is 2.37. The highest BCUT2D eigenvalue weighted by molar-refractivity contribution is 6.30. The predicted molar refractivity (Wildman–Crippen MR) is 111 cm³/mol. The van der Waals surface area contributed by atoms with Crippen LogP contribution in [0.4, 0.5) is 0 Å². The first kappa shape index (κ1) is 22.8. The molecule has 2 aromatic rings. The average Bonchev–Trinajstić information content (AvgIpc) is 2.70. The summed E-state index contributed by atoms with van der Waals surface area (Å²) >= 11 is 23.5. The second-order valence-corrected chi connectivity index (χ2v) is 7.36. The van der Waals surface area contributed by atoms with E-state index in [-0.39, 0.29) is 24.6 Å². The Morgan fingerprint density at radius 1 is 0.679 bits per heavy atom. The van der Waals surface area contributed by atoms with Crippen molar-refractivity contribution in [1.29, 1.82) is 0 Å². The van der Waals surface area contributed by atoms with Crippen LogP contribution in [0.1, 0.15) is 36.2 Å². The van der Waals surface area contributed by atoms with Gasteiger partial charge in [0.25, 0.3) is 0 Å². The van der Waals surface area contributed by atoms with Gasteiger partial charge in [-0.1, -0.05) is 47.5 Å². The van der Waals surface area contributed by atoms with E-state index in [1.807, 2.05) is 0 Å². The zero-order valence-electron chi connectivity index (χ0n) is 14.7. The maximum absolute atomic E-state index is 12.1. The molecule has 0 aromatic heterocycles. The van der Waals surface area contributed by atoms with Crippen LogP contribution in [0.3, 0.4) is 0 Å². The molecule has 0 N–H and O–H groups in total. The Morgan fingerprint density at radius 2 is 1.00 bits per heavy atom. The van der Waals surface area contributed by atoms with E-state index in [4.69, 9.17) is 55.9 Å². The first-order chi connectivity index (χ1) is 13.4. The molecule has 0 heterocycles. The second-order valence-electron chi connectivity index (χ2n) is 5.87. The zero-order chi connectivity index (χ0) is 20.5. The Labute approximate surface area is 183 Å². The summed E-state index contributed by atoms with van der Waals surface area (Å²) in [6.45, 7) is 0. The lowest BCUT2D eigenvalue weighted by Crippen LogP contribution is -2.17. The molecule has 4 nitrogen and oxygen atoms in total. The second kappa shape index (κ2) is 11.5. The van der Waals surface area contributed by atoms with Crippen molar-refractivity contribution >= 4 is 58.3 Å². The minimum Gasteiger partial charge on any atom is -0.456 e. The van der Waals surface area contributed by atoms with Gasteiger partial charge in [-0.15, -0.1) is 23.2 Å². The van der Waals surface area contributed by atoms with Crippen LogP contribution >= 0.6 is 46.4 Å². The molecule has 0 bridgehead atoms. The molecule has 0 amide bonds. The number of carbonyl (C=O) groups is 2. The number of hydrogen-bond acceptors (Lipinski definition) is 4. The molecule has 0 unspecified atom stereocenters. The molecule has 0 aliphatic heterocycles. The van der Waals surface area contributed by atoms with Crippen LogP contribution < -0.4 is 0 Å². The summed E-state index contributed by atoms with van der Waals surface area (Å²) in [4.78, 5) is 24.1. The average molecular weight is 464 g/mol. The molecule has 0 fully saturated rings. The Hall–Kier alpha value is -1.46. The van der Waals surface area contributed by atoms with E-state index in [9.17, 15) is 9.59 Å². The molecular formula is C20H18Cl4O4. The molecule has 0 saturated carbocycles. The molecule has 0 aliphatic rings. The van der Waals surface area contributed by atoms with Crippen molar-refractivity contribution in [3.8, 4) is 0 Å². The van der Waals surface area contributed by atoms with Crippen molar-refractivity contribution in [2.75, 3.05) is 11.8 Å². The maximum Gasteiger partial charge on any atom is 0.307 e. The molecule has 2 atom stereocenters. The van der Waals surface area contributed by atoms with Gasteiger partial charge in [-0.25, -0.2) is 0 Å². The molecule has 0 aliphatic carbocycles. The number of benzene rings is 2. The van der Waals surface area contributed by atoms with E-state index >= 15 is 0 Å². The lowest BCUT2D eigenvalue weighted by Gasteiger charge is -2.17. The van der Waals surface area contributed by atoms with Gasteiger partial charge < -0.3 is 9.47 Å². The van der Waals surface area contributed by atoms with Gasteiger partial charge in [0.05, 0.1) is 24.6 Å². The Kier molecular flexibility index (Phi) is 9.39. The quantitative estimate of drug-likeness (QED) is 0.332. The van der Waals surface area contributed by atoms with E-state index < -0.39 is 24.1 Å². The minimum atomic E-state index is -0.618. The van der Waals surface area contributed by atoms with Crippen LogP contribution in [0.2, 0.25) is 10.0 Å². The fraction of sp³-hybridized carbons (Fsp3) is 0.300. The van der Waals surface area contributed by atoms with Crippen molar-refractivity contribution in [2.45, 2.75) is 25.0 Å². The van der Waals surface area contributed by atoms with Gasteiger partial charge >= 0.3 is 11.9 Å². The van der Waals surface area contributed by atoms with Crippen molar-refractivity contribution in [3.05, 3.63) is 69.7 Å². The minimum absolute atomic E-state index is 0.0860.